The van der Waals surface area contributed by atoms with Crippen LogP contribution in [-0.2, 0) is 14.8 Å². The van der Waals surface area contributed by atoms with E-state index < -0.39 is 21.5 Å². The first kappa shape index (κ1) is 15.8. The lowest BCUT2D eigenvalue weighted by atomic mass is 9.99. The molecule has 1 aromatic carbocycles. The van der Waals surface area contributed by atoms with Gasteiger partial charge in [0.25, 0.3) is 0 Å². The van der Waals surface area contributed by atoms with Crippen LogP contribution in [0.2, 0.25) is 0 Å². The maximum absolute atomic E-state index is 11.9. The minimum atomic E-state index is -3.48. The van der Waals surface area contributed by atoms with E-state index in [4.69, 9.17) is 0 Å². The van der Waals surface area contributed by atoms with Gasteiger partial charge in [0.2, 0.25) is 10.0 Å². The van der Waals surface area contributed by atoms with Gasteiger partial charge in [0.1, 0.15) is 5.54 Å². The Balaban J connectivity index is 2.30. The highest BCUT2D eigenvalue weighted by molar-refractivity contribution is 7.89. The fourth-order valence-corrected chi connectivity index (χ4v) is 3.72. The van der Waals surface area contributed by atoms with Crippen LogP contribution in [-0.4, -0.2) is 38.1 Å². The Kier molecular flexibility index (Phi) is 4.25. The van der Waals surface area contributed by atoms with Gasteiger partial charge < -0.3 is 10.0 Å². The molecule has 1 aliphatic heterocycles. The normalized spacial score (nSPS) is 22.5. The van der Waals surface area contributed by atoms with E-state index in [1.807, 2.05) is 4.90 Å². The summed E-state index contributed by atoms with van der Waals surface area (Å²) >= 11 is 0. The fraction of sp³-hybridized carbons (Fsp3) is 0.500. The molecule has 0 aliphatic carbocycles. The van der Waals surface area contributed by atoms with E-state index >= 15 is 0 Å². The van der Waals surface area contributed by atoms with Gasteiger partial charge in [-0.25, -0.2) is 17.9 Å². The molecule has 0 radical (unpaired) electrons. The van der Waals surface area contributed by atoms with Crippen molar-refractivity contribution in [3.8, 4) is 0 Å². The highest BCUT2D eigenvalue weighted by Gasteiger charge is 2.43. The van der Waals surface area contributed by atoms with Crippen LogP contribution < -0.4 is 9.62 Å². The number of hydrogen-bond donors (Lipinski definition) is 2. The topological polar surface area (TPSA) is 86.7 Å². The van der Waals surface area contributed by atoms with Gasteiger partial charge in [-0.05, 0) is 44.0 Å². The number of carbonyl (C=O) groups is 1. The summed E-state index contributed by atoms with van der Waals surface area (Å²) in [5.74, 6) is -0.857. The standard InChI is InChI=1S/C14H20N2O4S/c1-3-15-21(19,20)12-7-5-11(6-8-12)16-10-4-9-14(16,2)13(17)18/h5-8,15H,3-4,9-10H2,1-2H3,(H,17,18). The number of carboxylic acid groups (broad SMARTS) is 1. The number of hydrogen-bond acceptors (Lipinski definition) is 4. The molecule has 1 atom stereocenters. The first-order chi connectivity index (χ1) is 9.81. The number of benzene rings is 1. The van der Waals surface area contributed by atoms with Crippen molar-refractivity contribution in [1.82, 2.24) is 4.72 Å². The van der Waals surface area contributed by atoms with Crippen molar-refractivity contribution in [2.45, 2.75) is 37.1 Å². The van der Waals surface area contributed by atoms with Crippen molar-refractivity contribution in [3.05, 3.63) is 24.3 Å². The molecule has 0 bridgehead atoms. The second-order valence-corrected chi connectivity index (χ2v) is 7.10. The van der Waals surface area contributed by atoms with E-state index in [9.17, 15) is 18.3 Å². The van der Waals surface area contributed by atoms with E-state index in [0.29, 0.717) is 19.5 Å². The van der Waals surface area contributed by atoms with Gasteiger partial charge in [-0.15, -0.1) is 0 Å². The lowest BCUT2D eigenvalue weighted by Crippen LogP contribution is -2.48. The maximum atomic E-state index is 11.9. The molecule has 2 rings (SSSR count). The van der Waals surface area contributed by atoms with E-state index in [-0.39, 0.29) is 4.90 Å². The molecule has 21 heavy (non-hydrogen) atoms. The van der Waals surface area contributed by atoms with Crippen molar-refractivity contribution < 1.29 is 18.3 Å². The predicted molar refractivity (Wildman–Crippen MR) is 79.9 cm³/mol. The zero-order valence-corrected chi connectivity index (χ0v) is 13.0. The van der Waals surface area contributed by atoms with Crippen LogP contribution in [0.3, 0.4) is 0 Å². The van der Waals surface area contributed by atoms with Crippen LogP contribution in [0.4, 0.5) is 5.69 Å². The summed E-state index contributed by atoms with van der Waals surface area (Å²) in [6.07, 6.45) is 1.39. The van der Waals surface area contributed by atoms with E-state index in [1.54, 1.807) is 26.0 Å². The molecule has 1 aromatic rings. The van der Waals surface area contributed by atoms with Gasteiger partial charge in [-0.3, -0.25) is 0 Å². The smallest absolute Gasteiger partial charge is 0.329 e. The van der Waals surface area contributed by atoms with E-state index in [2.05, 4.69) is 4.72 Å². The molecule has 0 saturated carbocycles. The second kappa shape index (κ2) is 5.65. The Bertz CT molecular complexity index is 627. The van der Waals surface area contributed by atoms with Crippen LogP contribution >= 0.6 is 0 Å². The molecule has 6 nitrogen and oxygen atoms in total. The number of rotatable bonds is 5. The third-order valence-electron chi connectivity index (χ3n) is 3.89. The van der Waals surface area contributed by atoms with Crippen molar-refractivity contribution in [2.24, 2.45) is 0 Å². The number of carboxylic acids is 1. The predicted octanol–water partition coefficient (Wildman–Crippen LogP) is 1.43. The summed E-state index contributed by atoms with van der Waals surface area (Å²) < 4.78 is 26.2. The maximum Gasteiger partial charge on any atom is 0.329 e. The molecule has 116 valence electrons. The Morgan fingerprint density at radius 2 is 2.00 bits per heavy atom. The van der Waals surface area contributed by atoms with Gasteiger partial charge in [-0.1, -0.05) is 6.92 Å². The van der Waals surface area contributed by atoms with Crippen LogP contribution in [0.5, 0.6) is 0 Å². The summed E-state index contributed by atoms with van der Waals surface area (Å²) in [4.78, 5) is 13.5. The zero-order valence-electron chi connectivity index (χ0n) is 12.2. The lowest BCUT2D eigenvalue weighted by molar-refractivity contribution is -0.142. The van der Waals surface area contributed by atoms with Crippen LogP contribution in [0.15, 0.2) is 29.2 Å². The zero-order chi connectivity index (χ0) is 15.7. The van der Waals surface area contributed by atoms with Gasteiger partial charge >= 0.3 is 5.97 Å². The molecule has 0 amide bonds. The van der Waals surface area contributed by atoms with E-state index in [0.717, 1.165) is 12.1 Å². The number of anilines is 1. The molecule has 1 aliphatic rings. The van der Waals surface area contributed by atoms with Gasteiger partial charge in [0.15, 0.2) is 0 Å². The van der Waals surface area contributed by atoms with Crippen LogP contribution in [0, 0.1) is 0 Å². The number of nitrogens with zero attached hydrogens (tertiary/aromatic N) is 1. The Morgan fingerprint density at radius 3 is 2.52 bits per heavy atom. The van der Waals surface area contributed by atoms with Crippen LogP contribution in [0.1, 0.15) is 26.7 Å². The summed E-state index contributed by atoms with van der Waals surface area (Å²) in [5, 5.41) is 9.41. The minimum Gasteiger partial charge on any atom is -0.480 e. The van der Waals surface area contributed by atoms with Crippen molar-refractivity contribution in [2.75, 3.05) is 18.0 Å². The highest BCUT2D eigenvalue weighted by atomic mass is 32.2. The van der Waals surface area contributed by atoms with E-state index in [1.165, 1.54) is 12.1 Å². The molecule has 7 heteroatoms. The first-order valence-corrected chi connectivity index (χ1v) is 8.40. The number of sulfonamides is 1. The minimum absolute atomic E-state index is 0.185. The monoisotopic (exact) mass is 312 g/mol. The number of aliphatic carboxylic acids is 1. The van der Waals surface area contributed by atoms with Crippen molar-refractivity contribution in [3.63, 3.8) is 0 Å². The van der Waals surface area contributed by atoms with Crippen molar-refractivity contribution in [1.29, 1.82) is 0 Å². The molecule has 1 saturated heterocycles. The Morgan fingerprint density at radius 1 is 1.38 bits per heavy atom. The molecule has 1 heterocycles. The largest absolute Gasteiger partial charge is 0.480 e. The molecule has 1 fully saturated rings. The molecule has 0 spiro atoms. The SMILES string of the molecule is CCNS(=O)(=O)c1ccc(N2CCCC2(C)C(=O)O)cc1. The third-order valence-corrected chi connectivity index (χ3v) is 5.46. The highest BCUT2D eigenvalue weighted by Crippen LogP contribution is 2.34. The molecular formula is C14H20N2O4S. The second-order valence-electron chi connectivity index (χ2n) is 5.33. The van der Waals surface area contributed by atoms with Gasteiger partial charge in [-0.2, -0.15) is 0 Å². The van der Waals surface area contributed by atoms with Gasteiger partial charge in [0.05, 0.1) is 4.90 Å². The molecule has 1 unspecified atom stereocenters. The molecular weight excluding hydrogens is 292 g/mol. The first-order valence-electron chi connectivity index (χ1n) is 6.92. The third kappa shape index (κ3) is 2.89. The van der Waals surface area contributed by atoms with Crippen LogP contribution in [0.25, 0.3) is 0 Å². The molecule has 2 N–H and O–H groups in total. The Hall–Kier alpha value is -1.60. The molecule has 0 aromatic heterocycles. The summed E-state index contributed by atoms with van der Waals surface area (Å²) in [7, 11) is -3.48. The van der Waals surface area contributed by atoms with Crippen molar-refractivity contribution >= 4 is 21.7 Å². The Labute approximate surface area is 124 Å². The number of nitrogens with one attached hydrogen (secondary N) is 1. The average Bonchev–Trinajstić information content (AvgIpc) is 2.82. The fourth-order valence-electron chi connectivity index (χ4n) is 2.68. The summed E-state index contributed by atoms with van der Waals surface area (Å²) in [6.45, 7) is 4.40. The average molecular weight is 312 g/mol. The summed E-state index contributed by atoms with van der Waals surface area (Å²) in [6, 6.07) is 6.34. The summed E-state index contributed by atoms with van der Waals surface area (Å²) in [5.41, 5.74) is -0.199. The van der Waals surface area contributed by atoms with Gasteiger partial charge in [0, 0.05) is 18.8 Å². The lowest BCUT2D eigenvalue weighted by Gasteiger charge is -2.33. The quantitative estimate of drug-likeness (QED) is 0.859.